The minimum atomic E-state index is -0.558. The van der Waals surface area contributed by atoms with Crippen LogP contribution in [0.25, 0.3) is 0 Å². The van der Waals surface area contributed by atoms with Gasteiger partial charge < -0.3 is 24.6 Å². The highest BCUT2D eigenvalue weighted by atomic mass is 16.5. The Labute approximate surface area is 154 Å². The molecule has 0 aromatic heterocycles. The summed E-state index contributed by atoms with van der Waals surface area (Å²) in [5.74, 6) is 1.44. The van der Waals surface area contributed by atoms with Gasteiger partial charge in [-0.15, -0.1) is 0 Å². The highest BCUT2D eigenvalue weighted by Crippen LogP contribution is 2.36. The first-order valence-electron chi connectivity index (χ1n) is 9.55. The maximum Gasteiger partial charge on any atom is 0.338 e. The number of rotatable bonds is 7. The molecule has 6 heteroatoms. The van der Waals surface area contributed by atoms with Crippen molar-refractivity contribution >= 4 is 5.97 Å². The number of ether oxygens (including phenoxy) is 2. The molecule has 1 aliphatic heterocycles. The molecule has 144 valence electrons. The molecule has 0 amide bonds. The van der Waals surface area contributed by atoms with Crippen LogP contribution in [-0.4, -0.2) is 66.1 Å². The van der Waals surface area contributed by atoms with E-state index in [2.05, 4.69) is 4.90 Å². The first-order chi connectivity index (χ1) is 12.6. The van der Waals surface area contributed by atoms with Crippen molar-refractivity contribution in [2.75, 3.05) is 32.8 Å². The van der Waals surface area contributed by atoms with Crippen LogP contribution in [0.4, 0.5) is 0 Å². The van der Waals surface area contributed by atoms with Crippen LogP contribution in [0, 0.1) is 11.8 Å². The van der Waals surface area contributed by atoms with E-state index in [4.69, 9.17) is 9.47 Å². The summed E-state index contributed by atoms with van der Waals surface area (Å²) in [6.45, 7) is 5.74. The van der Waals surface area contributed by atoms with E-state index < -0.39 is 12.2 Å². The van der Waals surface area contributed by atoms with Crippen molar-refractivity contribution in [3.63, 3.8) is 0 Å². The van der Waals surface area contributed by atoms with E-state index in [1.807, 2.05) is 0 Å². The summed E-state index contributed by atoms with van der Waals surface area (Å²) < 4.78 is 10.7. The minimum absolute atomic E-state index is 0.315. The van der Waals surface area contributed by atoms with Gasteiger partial charge in [-0.2, -0.15) is 0 Å². The maximum absolute atomic E-state index is 11.6. The molecule has 3 rings (SSSR count). The Kier molecular flexibility index (Phi) is 6.51. The van der Waals surface area contributed by atoms with Crippen LogP contribution in [0.2, 0.25) is 0 Å². The van der Waals surface area contributed by atoms with Crippen LogP contribution in [0.15, 0.2) is 24.3 Å². The lowest BCUT2D eigenvalue weighted by Gasteiger charge is -2.32. The van der Waals surface area contributed by atoms with Crippen LogP contribution in [0.1, 0.15) is 36.5 Å². The lowest BCUT2D eigenvalue weighted by Crippen LogP contribution is -2.38. The van der Waals surface area contributed by atoms with E-state index >= 15 is 0 Å². The minimum Gasteiger partial charge on any atom is -0.494 e. The molecule has 1 heterocycles. The van der Waals surface area contributed by atoms with Crippen LogP contribution < -0.4 is 4.74 Å². The average molecular weight is 363 g/mol. The number of esters is 1. The maximum atomic E-state index is 11.6. The molecule has 2 N–H and O–H groups in total. The molecule has 6 nitrogen and oxygen atoms in total. The number of hydrogen-bond donors (Lipinski definition) is 2. The van der Waals surface area contributed by atoms with Gasteiger partial charge in [0.1, 0.15) is 5.75 Å². The molecule has 0 spiro atoms. The summed E-state index contributed by atoms with van der Waals surface area (Å²) in [6, 6.07) is 7.02. The average Bonchev–Trinajstić information content (AvgIpc) is 3.01. The number of fused-ring (bicyclic) bond motifs is 1. The Bertz CT molecular complexity index is 572. The Balaban J connectivity index is 1.36. The topological polar surface area (TPSA) is 79.2 Å². The zero-order valence-electron chi connectivity index (χ0n) is 15.3. The van der Waals surface area contributed by atoms with E-state index in [0.29, 0.717) is 43.5 Å². The summed E-state index contributed by atoms with van der Waals surface area (Å²) in [4.78, 5) is 14.0. The van der Waals surface area contributed by atoms with Crippen molar-refractivity contribution in [1.29, 1.82) is 0 Å². The molecular formula is C20H29NO5. The quantitative estimate of drug-likeness (QED) is 0.567. The van der Waals surface area contributed by atoms with Gasteiger partial charge in [-0.05, 0) is 62.3 Å². The van der Waals surface area contributed by atoms with Gasteiger partial charge >= 0.3 is 5.97 Å². The summed E-state index contributed by atoms with van der Waals surface area (Å²) >= 11 is 0. The molecule has 2 fully saturated rings. The van der Waals surface area contributed by atoms with Crippen LogP contribution in [0.5, 0.6) is 5.75 Å². The zero-order valence-corrected chi connectivity index (χ0v) is 15.3. The zero-order chi connectivity index (χ0) is 18.5. The Morgan fingerprint density at radius 1 is 1.12 bits per heavy atom. The smallest absolute Gasteiger partial charge is 0.338 e. The molecule has 1 aromatic carbocycles. The number of benzene rings is 1. The molecule has 0 radical (unpaired) electrons. The Morgan fingerprint density at radius 2 is 1.73 bits per heavy atom. The summed E-state index contributed by atoms with van der Waals surface area (Å²) in [5.41, 5.74) is 0.531. The lowest BCUT2D eigenvalue weighted by molar-refractivity contribution is -0.0372. The largest absolute Gasteiger partial charge is 0.494 e. The first kappa shape index (κ1) is 19.1. The number of carbonyl (C=O) groups is 1. The second kappa shape index (κ2) is 8.84. The monoisotopic (exact) mass is 363 g/mol. The Hall–Kier alpha value is -1.63. The number of carbonyl (C=O) groups excluding carboxylic acids is 1. The summed E-state index contributed by atoms with van der Waals surface area (Å²) in [6.07, 6.45) is 1.23. The van der Waals surface area contributed by atoms with Gasteiger partial charge in [0.15, 0.2) is 0 Å². The molecular weight excluding hydrogens is 334 g/mol. The van der Waals surface area contributed by atoms with Crippen molar-refractivity contribution in [2.45, 2.75) is 38.4 Å². The van der Waals surface area contributed by atoms with Crippen molar-refractivity contribution in [1.82, 2.24) is 4.90 Å². The van der Waals surface area contributed by atoms with Crippen LogP contribution in [-0.2, 0) is 4.74 Å². The van der Waals surface area contributed by atoms with Gasteiger partial charge in [0.05, 0.1) is 31.0 Å². The number of aliphatic hydroxyl groups is 2. The summed E-state index contributed by atoms with van der Waals surface area (Å²) in [5, 5.41) is 19.6. The molecule has 1 saturated carbocycles. The van der Waals surface area contributed by atoms with Gasteiger partial charge in [0.2, 0.25) is 0 Å². The predicted octanol–water partition coefficient (Wildman–Crippen LogP) is 1.70. The van der Waals surface area contributed by atoms with Crippen LogP contribution >= 0.6 is 0 Å². The van der Waals surface area contributed by atoms with Gasteiger partial charge in [0.25, 0.3) is 0 Å². The number of likely N-dealkylation sites (tertiary alicyclic amines) is 1. The van der Waals surface area contributed by atoms with Gasteiger partial charge in [0, 0.05) is 19.6 Å². The SMILES string of the molecule is CCOC(=O)c1ccc(OCCCN2C[C@H]3C[C@H](O)[C@@H](O)C[C@H]3C2)cc1. The molecule has 1 aromatic rings. The van der Waals surface area contributed by atoms with E-state index in [1.165, 1.54) is 0 Å². The number of aliphatic hydroxyl groups excluding tert-OH is 2. The molecule has 0 bridgehead atoms. The second-order valence-electron chi connectivity index (χ2n) is 7.33. The third-order valence-corrected chi connectivity index (χ3v) is 5.44. The molecule has 4 atom stereocenters. The fraction of sp³-hybridized carbons (Fsp3) is 0.650. The Morgan fingerprint density at radius 3 is 2.31 bits per heavy atom. The molecule has 1 saturated heterocycles. The third-order valence-electron chi connectivity index (χ3n) is 5.44. The number of hydrogen-bond acceptors (Lipinski definition) is 6. The van der Waals surface area contributed by atoms with E-state index in [1.54, 1.807) is 31.2 Å². The lowest BCUT2D eigenvalue weighted by atomic mass is 9.79. The molecule has 1 aliphatic carbocycles. The highest BCUT2D eigenvalue weighted by Gasteiger charge is 2.40. The fourth-order valence-electron chi connectivity index (χ4n) is 4.07. The van der Waals surface area contributed by atoms with E-state index in [9.17, 15) is 15.0 Å². The molecule has 26 heavy (non-hydrogen) atoms. The van der Waals surface area contributed by atoms with Crippen LogP contribution in [0.3, 0.4) is 0 Å². The molecule has 2 aliphatic rings. The fourth-order valence-corrected chi connectivity index (χ4v) is 4.07. The standard InChI is InChI=1S/C20H29NO5/c1-2-25-20(24)14-4-6-17(7-5-14)26-9-3-8-21-12-15-10-18(22)19(23)11-16(15)13-21/h4-7,15-16,18-19,22-23H,2-3,8-13H2,1H3/t15-,16+,18-,19-/m0/s1. The number of nitrogens with zero attached hydrogens (tertiary/aromatic N) is 1. The van der Waals surface area contributed by atoms with Crippen molar-refractivity contribution in [3.8, 4) is 5.75 Å². The van der Waals surface area contributed by atoms with Crippen molar-refractivity contribution < 1.29 is 24.5 Å². The summed E-state index contributed by atoms with van der Waals surface area (Å²) in [7, 11) is 0. The molecule has 0 unspecified atom stereocenters. The third kappa shape index (κ3) is 4.75. The van der Waals surface area contributed by atoms with Gasteiger partial charge in [-0.1, -0.05) is 0 Å². The van der Waals surface area contributed by atoms with Gasteiger partial charge in [-0.3, -0.25) is 0 Å². The van der Waals surface area contributed by atoms with E-state index in [-0.39, 0.29) is 5.97 Å². The highest BCUT2D eigenvalue weighted by molar-refractivity contribution is 5.89. The first-order valence-corrected chi connectivity index (χ1v) is 9.55. The normalized spacial score (nSPS) is 28.6. The van der Waals surface area contributed by atoms with E-state index in [0.717, 1.165) is 31.8 Å². The van der Waals surface area contributed by atoms with Gasteiger partial charge in [-0.25, -0.2) is 4.79 Å². The van der Waals surface area contributed by atoms with Crippen molar-refractivity contribution in [2.24, 2.45) is 11.8 Å². The second-order valence-corrected chi connectivity index (χ2v) is 7.33. The van der Waals surface area contributed by atoms with Crippen molar-refractivity contribution in [3.05, 3.63) is 29.8 Å². The predicted molar refractivity (Wildman–Crippen MR) is 97.2 cm³/mol.